The first-order valence-corrected chi connectivity index (χ1v) is 11.0. The summed E-state index contributed by atoms with van der Waals surface area (Å²) >= 11 is 5.81. The Morgan fingerprint density at radius 2 is 1.80 bits per heavy atom. The molecule has 0 saturated carbocycles. The molecule has 0 bridgehead atoms. The lowest BCUT2D eigenvalue weighted by molar-refractivity contribution is 0.0942. The van der Waals surface area contributed by atoms with E-state index in [-0.39, 0.29) is 28.6 Å². The zero-order valence-electron chi connectivity index (χ0n) is 18.5. The van der Waals surface area contributed by atoms with Gasteiger partial charge in [-0.05, 0) is 31.0 Å². The number of anilines is 1. The summed E-state index contributed by atoms with van der Waals surface area (Å²) in [5, 5.41) is 11.1. The Morgan fingerprint density at radius 1 is 1.06 bits per heavy atom. The van der Waals surface area contributed by atoms with Crippen molar-refractivity contribution in [2.45, 2.75) is 26.3 Å². The van der Waals surface area contributed by atoms with Crippen LogP contribution in [0.1, 0.15) is 43.8 Å². The van der Waals surface area contributed by atoms with E-state index in [4.69, 9.17) is 16.0 Å². The highest BCUT2D eigenvalue weighted by Crippen LogP contribution is 2.21. The Bertz CT molecular complexity index is 1370. The molecule has 0 unspecified atom stereocenters. The van der Waals surface area contributed by atoms with Gasteiger partial charge in [0.25, 0.3) is 11.8 Å². The van der Waals surface area contributed by atoms with Gasteiger partial charge in [-0.1, -0.05) is 41.9 Å². The first-order valence-electron chi connectivity index (χ1n) is 10.6. The van der Waals surface area contributed by atoms with Crippen LogP contribution in [-0.4, -0.2) is 27.0 Å². The van der Waals surface area contributed by atoms with Crippen molar-refractivity contribution in [2.24, 2.45) is 0 Å². The minimum absolute atomic E-state index is 0.00000566. The van der Waals surface area contributed by atoms with Crippen molar-refractivity contribution in [3.05, 3.63) is 99.4 Å². The third-order valence-corrected chi connectivity index (χ3v) is 5.45. The average Bonchev–Trinajstić information content (AvgIpc) is 3.45. The molecule has 2 amide bonds. The van der Waals surface area contributed by atoms with Crippen LogP contribution in [0, 0.1) is 18.6 Å². The van der Waals surface area contributed by atoms with E-state index in [9.17, 15) is 18.4 Å². The van der Waals surface area contributed by atoms with Gasteiger partial charge in [0.2, 0.25) is 0 Å². The van der Waals surface area contributed by atoms with Crippen molar-refractivity contribution >= 4 is 29.2 Å². The number of aromatic amines is 1. The van der Waals surface area contributed by atoms with E-state index < -0.39 is 23.4 Å². The highest BCUT2D eigenvalue weighted by Gasteiger charge is 2.18. The van der Waals surface area contributed by atoms with Gasteiger partial charge in [-0.3, -0.25) is 14.7 Å². The number of carbonyl (C=O) groups is 2. The van der Waals surface area contributed by atoms with Crippen LogP contribution in [0.2, 0.25) is 5.02 Å². The Balaban J connectivity index is 1.33. The molecule has 180 valence electrons. The number of carbonyl (C=O) groups excluding carboxylic acids is 2. The van der Waals surface area contributed by atoms with Crippen LogP contribution in [0.25, 0.3) is 0 Å². The fraction of sp³-hybridized carbons (Fsp3) is 0.167. The maximum atomic E-state index is 13.4. The number of halogens is 3. The lowest BCUT2D eigenvalue weighted by Crippen LogP contribution is -2.23. The van der Waals surface area contributed by atoms with Gasteiger partial charge in [0.05, 0.1) is 22.8 Å². The van der Waals surface area contributed by atoms with Crippen molar-refractivity contribution in [2.75, 3.05) is 5.32 Å². The van der Waals surface area contributed by atoms with Crippen LogP contribution in [-0.2, 0) is 19.4 Å². The largest absolute Gasteiger partial charge is 0.444 e. The molecule has 2 heterocycles. The average molecular weight is 500 g/mol. The van der Waals surface area contributed by atoms with Crippen molar-refractivity contribution in [1.29, 1.82) is 0 Å². The smallest absolute Gasteiger partial charge is 0.269 e. The summed E-state index contributed by atoms with van der Waals surface area (Å²) in [5.41, 5.74) is 1.64. The molecule has 35 heavy (non-hydrogen) atoms. The van der Waals surface area contributed by atoms with Gasteiger partial charge in [0.1, 0.15) is 11.5 Å². The van der Waals surface area contributed by atoms with Gasteiger partial charge in [-0.25, -0.2) is 13.8 Å². The molecule has 2 aromatic heterocycles. The van der Waals surface area contributed by atoms with E-state index in [1.54, 1.807) is 6.92 Å². The number of hydrogen-bond donors (Lipinski definition) is 3. The number of aromatic nitrogens is 3. The number of aryl methyl sites for hydroxylation is 3. The lowest BCUT2D eigenvalue weighted by atomic mass is 10.1. The van der Waals surface area contributed by atoms with Gasteiger partial charge in [-0.15, -0.1) is 0 Å². The Kier molecular flexibility index (Phi) is 7.21. The molecular weight excluding hydrogens is 480 g/mol. The highest BCUT2D eigenvalue weighted by atomic mass is 35.5. The Hall–Kier alpha value is -4.05. The highest BCUT2D eigenvalue weighted by molar-refractivity contribution is 6.34. The topological polar surface area (TPSA) is 113 Å². The Morgan fingerprint density at radius 3 is 2.57 bits per heavy atom. The number of oxazole rings is 1. The predicted molar refractivity (Wildman–Crippen MR) is 124 cm³/mol. The second-order valence-electron chi connectivity index (χ2n) is 7.65. The normalized spacial score (nSPS) is 10.9. The molecule has 0 fully saturated rings. The molecule has 11 heteroatoms. The number of benzene rings is 2. The van der Waals surface area contributed by atoms with Crippen LogP contribution in [0.15, 0.2) is 52.9 Å². The fourth-order valence-electron chi connectivity index (χ4n) is 3.29. The molecule has 2 aromatic carbocycles. The molecular formula is C24H20ClF2N5O3. The quantitative estimate of drug-likeness (QED) is 0.306. The third-order valence-electron chi connectivity index (χ3n) is 5.14. The summed E-state index contributed by atoms with van der Waals surface area (Å²) in [6, 6.07) is 12.6. The summed E-state index contributed by atoms with van der Waals surface area (Å²) in [6.07, 6.45) is 1.41. The minimum Gasteiger partial charge on any atom is -0.444 e. The van der Waals surface area contributed by atoms with Crippen LogP contribution < -0.4 is 10.6 Å². The molecule has 8 nitrogen and oxygen atoms in total. The first kappa shape index (κ1) is 24.1. The minimum atomic E-state index is -1.22. The number of H-pyrrole nitrogens is 1. The molecule has 0 aliphatic carbocycles. The summed E-state index contributed by atoms with van der Waals surface area (Å²) in [5.74, 6) is -2.58. The summed E-state index contributed by atoms with van der Waals surface area (Å²) < 4.78 is 32.4. The van der Waals surface area contributed by atoms with Crippen LogP contribution >= 0.6 is 11.6 Å². The molecule has 0 atom stereocenters. The maximum absolute atomic E-state index is 13.4. The van der Waals surface area contributed by atoms with E-state index >= 15 is 0 Å². The van der Waals surface area contributed by atoms with E-state index in [1.807, 2.05) is 30.3 Å². The SMILES string of the molecule is Cc1nc(CCc2ccccc2)oc1CNC(=O)c1cc(NC(=O)c2cc(F)c(F)cc2Cl)n[nH]1. The summed E-state index contributed by atoms with van der Waals surface area (Å²) in [7, 11) is 0. The van der Waals surface area contributed by atoms with E-state index in [2.05, 4.69) is 25.8 Å². The summed E-state index contributed by atoms with van der Waals surface area (Å²) in [4.78, 5) is 29.2. The van der Waals surface area contributed by atoms with Gasteiger partial charge in [-0.2, -0.15) is 5.10 Å². The molecule has 0 radical (unpaired) electrons. The summed E-state index contributed by atoms with van der Waals surface area (Å²) in [6.45, 7) is 1.90. The zero-order valence-corrected chi connectivity index (χ0v) is 19.2. The number of hydrogen-bond acceptors (Lipinski definition) is 5. The third kappa shape index (κ3) is 5.90. The number of nitrogens with one attached hydrogen (secondary N) is 3. The second-order valence-corrected chi connectivity index (χ2v) is 8.06. The van der Waals surface area contributed by atoms with Gasteiger partial charge < -0.3 is 15.1 Å². The van der Waals surface area contributed by atoms with E-state index in [0.29, 0.717) is 35.9 Å². The molecule has 4 rings (SSSR count). The van der Waals surface area contributed by atoms with Gasteiger partial charge in [0.15, 0.2) is 23.3 Å². The number of nitrogens with zero attached hydrogens (tertiary/aromatic N) is 2. The fourth-order valence-corrected chi connectivity index (χ4v) is 3.53. The molecule has 0 spiro atoms. The molecule has 3 N–H and O–H groups in total. The van der Waals surface area contributed by atoms with Crippen molar-refractivity contribution in [3.8, 4) is 0 Å². The second kappa shape index (κ2) is 10.5. The monoisotopic (exact) mass is 499 g/mol. The maximum Gasteiger partial charge on any atom is 0.269 e. The zero-order chi connectivity index (χ0) is 24.9. The molecule has 0 saturated heterocycles. The Labute approximate surface area is 203 Å². The number of rotatable bonds is 8. The van der Waals surface area contributed by atoms with E-state index in [0.717, 1.165) is 6.42 Å². The van der Waals surface area contributed by atoms with Crippen molar-refractivity contribution in [1.82, 2.24) is 20.5 Å². The first-order chi connectivity index (χ1) is 16.8. The van der Waals surface area contributed by atoms with Crippen molar-refractivity contribution < 1.29 is 22.8 Å². The predicted octanol–water partition coefficient (Wildman–Crippen LogP) is 4.61. The van der Waals surface area contributed by atoms with E-state index in [1.165, 1.54) is 11.6 Å². The van der Waals surface area contributed by atoms with Gasteiger partial charge in [0, 0.05) is 12.5 Å². The van der Waals surface area contributed by atoms with Crippen LogP contribution in [0.3, 0.4) is 0 Å². The van der Waals surface area contributed by atoms with Gasteiger partial charge >= 0.3 is 0 Å². The number of amides is 2. The van der Waals surface area contributed by atoms with Crippen LogP contribution in [0.5, 0.6) is 0 Å². The molecule has 4 aromatic rings. The molecule has 0 aliphatic heterocycles. The van der Waals surface area contributed by atoms with Crippen molar-refractivity contribution in [3.63, 3.8) is 0 Å². The van der Waals surface area contributed by atoms with Crippen LogP contribution in [0.4, 0.5) is 14.6 Å². The molecule has 0 aliphatic rings. The standard InChI is InChI=1S/C24H20ClF2N5O3/c1-13-20(35-22(29-13)8-7-14-5-3-2-4-6-14)12-28-24(34)19-11-21(32-31-19)30-23(33)15-9-17(26)18(27)10-16(15)25/h2-6,9-11H,7-8,12H2,1H3,(H,28,34)(H2,30,31,32,33). The lowest BCUT2D eigenvalue weighted by Gasteiger charge is -2.05.